The van der Waals surface area contributed by atoms with Crippen molar-refractivity contribution in [3.8, 4) is 0 Å². The van der Waals surface area contributed by atoms with E-state index in [2.05, 4.69) is 17.2 Å². The number of aryl methyl sites for hydroxylation is 1. The van der Waals surface area contributed by atoms with Gasteiger partial charge in [0.2, 0.25) is 0 Å². The van der Waals surface area contributed by atoms with Gasteiger partial charge < -0.3 is 15.0 Å². The molecule has 0 spiro atoms. The van der Waals surface area contributed by atoms with Gasteiger partial charge in [-0.05, 0) is 38.3 Å². The van der Waals surface area contributed by atoms with Crippen molar-refractivity contribution in [1.29, 1.82) is 0 Å². The summed E-state index contributed by atoms with van der Waals surface area (Å²) < 4.78 is 5.80. The highest BCUT2D eigenvalue weighted by molar-refractivity contribution is 5.95. The second kappa shape index (κ2) is 6.02. The van der Waals surface area contributed by atoms with Gasteiger partial charge in [0.1, 0.15) is 5.82 Å². The molecule has 2 aliphatic rings. The van der Waals surface area contributed by atoms with E-state index in [1.165, 1.54) is 0 Å². The van der Waals surface area contributed by atoms with Gasteiger partial charge in [0, 0.05) is 30.9 Å². The van der Waals surface area contributed by atoms with Crippen LogP contribution >= 0.6 is 0 Å². The van der Waals surface area contributed by atoms with Gasteiger partial charge in [-0.3, -0.25) is 4.79 Å². The highest BCUT2D eigenvalue weighted by Gasteiger charge is 2.36. The molecule has 21 heavy (non-hydrogen) atoms. The number of fused-ring (bicyclic) bond motifs is 2. The van der Waals surface area contributed by atoms with Crippen LogP contribution in [0, 0.1) is 6.92 Å². The lowest BCUT2D eigenvalue weighted by Gasteiger charge is -2.32. The predicted octanol–water partition coefficient (Wildman–Crippen LogP) is 2.22. The van der Waals surface area contributed by atoms with E-state index in [0.29, 0.717) is 13.1 Å². The maximum Gasteiger partial charge on any atom is 0.254 e. The number of rotatable bonds is 4. The summed E-state index contributed by atoms with van der Waals surface area (Å²) in [5.41, 5.74) is 1.60. The summed E-state index contributed by atoms with van der Waals surface area (Å²) in [6, 6.07) is 3.74. The van der Waals surface area contributed by atoms with E-state index >= 15 is 0 Å². The molecule has 2 atom stereocenters. The molecule has 0 aromatic carbocycles. The molecule has 5 heteroatoms. The highest BCUT2D eigenvalue weighted by atomic mass is 16.5. The molecule has 2 saturated heterocycles. The van der Waals surface area contributed by atoms with E-state index in [4.69, 9.17) is 4.74 Å². The van der Waals surface area contributed by atoms with Gasteiger partial charge in [-0.25, -0.2) is 4.98 Å². The molecule has 3 rings (SSSR count). The van der Waals surface area contributed by atoms with Crippen molar-refractivity contribution in [2.45, 2.75) is 45.3 Å². The summed E-state index contributed by atoms with van der Waals surface area (Å²) in [5, 5.41) is 3.26. The summed E-state index contributed by atoms with van der Waals surface area (Å²) in [6.45, 7) is 6.34. The Morgan fingerprint density at radius 2 is 2.10 bits per heavy atom. The Morgan fingerprint density at radius 3 is 2.76 bits per heavy atom. The Labute approximate surface area is 125 Å². The summed E-state index contributed by atoms with van der Waals surface area (Å²) in [4.78, 5) is 19.1. The number of amides is 1. The second-order valence-corrected chi connectivity index (χ2v) is 5.98. The summed E-state index contributed by atoms with van der Waals surface area (Å²) in [5.74, 6) is 0.886. The largest absolute Gasteiger partial charge is 0.371 e. The van der Waals surface area contributed by atoms with Crippen LogP contribution in [0.3, 0.4) is 0 Å². The third-order valence-corrected chi connectivity index (χ3v) is 4.09. The summed E-state index contributed by atoms with van der Waals surface area (Å²) in [6.07, 6.45) is 3.65. The fourth-order valence-corrected chi connectivity index (χ4v) is 3.10. The molecule has 1 N–H and O–H groups in total. The first-order valence-electron chi connectivity index (χ1n) is 7.83. The first kappa shape index (κ1) is 14.3. The fourth-order valence-electron chi connectivity index (χ4n) is 3.10. The van der Waals surface area contributed by atoms with Gasteiger partial charge >= 0.3 is 0 Å². The van der Waals surface area contributed by atoms with Crippen molar-refractivity contribution in [2.75, 3.05) is 25.0 Å². The summed E-state index contributed by atoms with van der Waals surface area (Å²) in [7, 11) is 0. The van der Waals surface area contributed by atoms with Gasteiger partial charge in [0.25, 0.3) is 5.91 Å². The van der Waals surface area contributed by atoms with Crippen LogP contribution in [0.5, 0.6) is 0 Å². The monoisotopic (exact) mass is 289 g/mol. The maximum absolute atomic E-state index is 12.7. The Balaban J connectivity index is 1.76. The number of hydrogen-bond acceptors (Lipinski definition) is 4. The molecule has 114 valence electrons. The average molecular weight is 289 g/mol. The molecule has 0 radical (unpaired) electrons. The molecule has 1 amide bonds. The third-order valence-electron chi connectivity index (χ3n) is 4.09. The van der Waals surface area contributed by atoms with Crippen LogP contribution in [0.15, 0.2) is 12.1 Å². The minimum absolute atomic E-state index is 0.0975. The number of anilines is 1. The number of ether oxygens (including phenoxy) is 1. The zero-order valence-electron chi connectivity index (χ0n) is 12.8. The Hall–Kier alpha value is -1.62. The van der Waals surface area contributed by atoms with Gasteiger partial charge in [0.05, 0.1) is 12.2 Å². The highest BCUT2D eigenvalue weighted by Crippen LogP contribution is 2.27. The van der Waals surface area contributed by atoms with Crippen molar-refractivity contribution >= 4 is 11.7 Å². The Morgan fingerprint density at radius 1 is 1.38 bits per heavy atom. The quantitative estimate of drug-likeness (QED) is 0.923. The average Bonchev–Trinajstić information content (AvgIpc) is 2.82. The standard InChI is InChI=1S/C16H23N3O2/c1-3-6-17-15-8-12(7-11(2)18-15)16(20)19-9-13-4-5-14(10-19)21-13/h7-8,13-14H,3-6,9-10H2,1-2H3,(H,17,18). The topological polar surface area (TPSA) is 54.5 Å². The number of nitrogens with zero attached hydrogens (tertiary/aromatic N) is 2. The molecule has 5 nitrogen and oxygen atoms in total. The van der Waals surface area contributed by atoms with Crippen molar-refractivity contribution in [3.05, 3.63) is 23.4 Å². The van der Waals surface area contributed by atoms with E-state index < -0.39 is 0 Å². The van der Waals surface area contributed by atoms with Crippen molar-refractivity contribution in [1.82, 2.24) is 9.88 Å². The van der Waals surface area contributed by atoms with Crippen molar-refractivity contribution < 1.29 is 9.53 Å². The van der Waals surface area contributed by atoms with Gasteiger partial charge in [-0.1, -0.05) is 6.92 Å². The summed E-state index contributed by atoms with van der Waals surface area (Å²) >= 11 is 0. The van der Waals surface area contributed by atoms with Crippen LogP contribution in [0.1, 0.15) is 42.2 Å². The van der Waals surface area contributed by atoms with E-state index in [-0.39, 0.29) is 18.1 Å². The molecular formula is C16H23N3O2. The van der Waals surface area contributed by atoms with Crippen LogP contribution in [-0.4, -0.2) is 47.6 Å². The minimum atomic E-state index is 0.0975. The van der Waals surface area contributed by atoms with Crippen LogP contribution in [-0.2, 0) is 4.74 Å². The number of likely N-dealkylation sites (tertiary alicyclic amines) is 1. The molecule has 3 heterocycles. The predicted molar refractivity (Wildman–Crippen MR) is 81.6 cm³/mol. The molecular weight excluding hydrogens is 266 g/mol. The van der Waals surface area contributed by atoms with E-state index in [1.807, 2.05) is 24.0 Å². The molecule has 0 saturated carbocycles. The number of nitrogens with one attached hydrogen (secondary N) is 1. The number of pyridine rings is 1. The van der Waals surface area contributed by atoms with Crippen molar-refractivity contribution in [2.24, 2.45) is 0 Å². The number of carbonyl (C=O) groups is 1. The number of aromatic nitrogens is 1. The molecule has 1 aromatic rings. The normalized spacial score (nSPS) is 24.2. The van der Waals surface area contributed by atoms with Crippen LogP contribution in [0.2, 0.25) is 0 Å². The maximum atomic E-state index is 12.7. The Bertz CT molecular complexity index is 520. The zero-order chi connectivity index (χ0) is 14.8. The van der Waals surface area contributed by atoms with Gasteiger partial charge in [-0.15, -0.1) is 0 Å². The van der Waals surface area contributed by atoms with Gasteiger partial charge in [-0.2, -0.15) is 0 Å². The lowest BCUT2D eigenvalue weighted by Crippen LogP contribution is -2.45. The van der Waals surface area contributed by atoms with E-state index in [1.54, 1.807) is 0 Å². The van der Waals surface area contributed by atoms with Crippen LogP contribution in [0.25, 0.3) is 0 Å². The van der Waals surface area contributed by atoms with Gasteiger partial charge in [0.15, 0.2) is 0 Å². The number of hydrogen-bond donors (Lipinski definition) is 1. The zero-order valence-corrected chi connectivity index (χ0v) is 12.8. The van der Waals surface area contributed by atoms with Crippen molar-refractivity contribution in [3.63, 3.8) is 0 Å². The lowest BCUT2D eigenvalue weighted by atomic mass is 10.1. The molecule has 2 unspecified atom stereocenters. The first-order chi connectivity index (χ1) is 10.2. The third kappa shape index (κ3) is 3.18. The van der Waals surface area contributed by atoms with E-state index in [9.17, 15) is 4.79 Å². The minimum Gasteiger partial charge on any atom is -0.371 e. The smallest absolute Gasteiger partial charge is 0.254 e. The van der Waals surface area contributed by atoms with Crippen LogP contribution in [0.4, 0.5) is 5.82 Å². The Kier molecular flexibility index (Phi) is 4.10. The lowest BCUT2D eigenvalue weighted by molar-refractivity contribution is -0.0303. The molecule has 2 bridgehead atoms. The second-order valence-electron chi connectivity index (χ2n) is 5.98. The molecule has 2 fully saturated rings. The van der Waals surface area contributed by atoms with Crippen LogP contribution < -0.4 is 5.32 Å². The molecule has 1 aromatic heterocycles. The van der Waals surface area contributed by atoms with E-state index in [0.717, 1.165) is 42.9 Å². The molecule has 0 aliphatic carbocycles. The number of morpholine rings is 1. The first-order valence-corrected chi connectivity index (χ1v) is 7.83. The molecule has 2 aliphatic heterocycles. The number of carbonyl (C=O) groups excluding carboxylic acids is 1. The SMILES string of the molecule is CCCNc1cc(C(=O)N2CC3CCC(C2)O3)cc(C)n1. The fraction of sp³-hybridized carbons (Fsp3) is 0.625.